The number of aryl methyl sites for hydroxylation is 1. The number of nitrogens with zero attached hydrogens (tertiary/aromatic N) is 2. The van der Waals surface area contributed by atoms with Crippen molar-refractivity contribution in [2.45, 2.75) is 5.03 Å². The van der Waals surface area contributed by atoms with E-state index in [1.165, 1.54) is 35.3 Å². The van der Waals surface area contributed by atoms with Gasteiger partial charge in [0.1, 0.15) is 5.75 Å². The van der Waals surface area contributed by atoms with Crippen LogP contribution in [0.25, 0.3) is 0 Å². The number of sulfonamides is 1. The fraction of sp³-hybridized carbons (Fsp3) is 0.100. The third kappa shape index (κ3) is 2.57. The molecule has 0 unspecified atom stereocenters. The minimum absolute atomic E-state index is 0.0463. The average molecular weight is 288 g/mol. The van der Waals surface area contributed by atoms with Crippen LogP contribution in [0.15, 0.2) is 35.7 Å². The molecule has 18 heavy (non-hydrogen) atoms. The summed E-state index contributed by atoms with van der Waals surface area (Å²) in [7, 11) is -2.15. The Bertz CT molecular complexity index is 681. The molecule has 0 aliphatic heterocycles. The third-order valence-electron chi connectivity index (χ3n) is 2.16. The first kappa shape index (κ1) is 12.7. The largest absolute Gasteiger partial charge is 0.506 e. The number of hydrogen-bond acceptors (Lipinski definition) is 4. The van der Waals surface area contributed by atoms with Crippen LogP contribution in [0.2, 0.25) is 5.02 Å². The number of benzene rings is 1. The predicted molar refractivity (Wildman–Crippen MR) is 67.1 cm³/mol. The summed E-state index contributed by atoms with van der Waals surface area (Å²) in [6.07, 6.45) is 2.73. The summed E-state index contributed by atoms with van der Waals surface area (Å²) in [4.78, 5) is 3.74. The van der Waals surface area contributed by atoms with E-state index < -0.39 is 10.0 Å². The van der Waals surface area contributed by atoms with Crippen LogP contribution >= 0.6 is 11.6 Å². The Labute approximate surface area is 109 Å². The van der Waals surface area contributed by atoms with E-state index in [9.17, 15) is 13.5 Å². The van der Waals surface area contributed by atoms with Gasteiger partial charge in [-0.3, -0.25) is 4.72 Å². The molecule has 0 aliphatic rings. The summed E-state index contributed by atoms with van der Waals surface area (Å²) < 4.78 is 27.6. The van der Waals surface area contributed by atoms with E-state index in [4.69, 9.17) is 11.6 Å². The lowest BCUT2D eigenvalue weighted by atomic mass is 10.3. The van der Waals surface area contributed by atoms with Gasteiger partial charge in [-0.2, -0.15) is 8.42 Å². The number of imidazole rings is 1. The molecule has 0 bridgehead atoms. The first-order chi connectivity index (χ1) is 8.38. The molecule has 6 nitrogen and oxygen atoms in total. The fourth-order valence-electron chi connectivity index (χ4n) is 1.32. The number of halogens is 1. The van der Waals surface area contributed by atoms with Crippen LogP contribution in [0.5, 0.6) is 5.75 Å². The van der Waals surface area contributed by atoms with Crippen LogP contribution in [0, 0.1) is 0 Å². The Morgan fingerprint density at radius 1 is 1.44 bits per heavy atom. The maximum absolute atomic E-state index is 11.9. The molecule has 0 radical (unpaired) electrons. The van der Waals surface area contributed by atoms with Gasteiger partial charge in [-0.1, -0.05) is 11.6 Å². The molecule has 0 spiro atoms. The number of rotatable bonds is 3. The van der Waals surface area contributed by atoms with Gasteiger partial charge in [0.25, 0.3) is 10.0 Å². The van der Waals surface area contributed by atoms with E-state index >= 15 is 0 Å². The maximum Gasteiger partial charge on any atom is 0.281 e. The second-order valence-electron chi connectivity index (χ2n) is 3.64. The predicted octanol–water partition coefficient (Wildman–Crippen LogP) is 1.58. The van der Waals surface area contributed by atoms with Crippen molar-refractivity contribution in [2.75, 3.05) is 4.72 Å². The van der Waals surface area contributed by atoms with Crippen molar-refractivity contribution in [2.24, 2.45) is 7.05 Å². The molecular formula is C10H10ClN3O3S. The normalized spacial score (nSPS) is 11.4. The SMILES string of the molecule is Cn1cnc(S(=O)(=O)Nc2ccc(Cl)cc2O)c1. The van der Waals surface area contributed by atoms with E-state index in [0.717, 1.165) is 0 Å². The Balaban J connectivity index is 2.33. The van der Waals surface area contributed by atoms with Gasteiger partial charge in [0.2, 0.25) is 0 Å². The Morgan fingerprint density at radius 3 is 2.72 bits per heavy atom. The summed E-state index contributed by atoms with van der Waals surface area (Å²) in [6.45, 7) is 0. The van der Waals surface area contributed by atoms with Crippen molar-refractivity contribution < 1.29 is 13.5 Å². The lowest BCUT2D eigenvalue weighted by Gasteiger charge is -2.07. The molecule has 2 rings (SSSR count). The van der Waals surface area contributed by atoms with Crippen LogP contribution in [0.1, 0.15) is 0 Å². The van der Waals surface area contributed by atoms with Crippen LogP contribution in [0.4, 0.5) is 5.69 Å². The average Bonchev–Trinajstić information content (AvgIpc) is 2.70. The molecule has 0 fully saturated rings. The Kier molecular flexibility index (Phi) is 3.18. The highest BCUT2D eigenvalue weighted by atomic mass is 35.5. The zero-order chi connectivity index (χ0) is 13.3. The van der Waals surface area contributed by atoms with Gasteiger partial charge in [0, 0.05) is 24.3 Å². The molecule has 0 amide bonds. The van der Waals surface area contributed by atoms with Gasteiger partial charge < -0.3 is 9.67 Å². The van der Waals surface area contributed by atoms with Gasteiger partial charge in [0.05, 0.1) is 12.0 Å². The van der Waals surface area contributed by atoms with Crippen molar-refractivity contribution in [3.63, 3.8) is 0 Å². The van der Waals surface area contributed by atoms with E-state index in [-0.39, 0.29) is 16.5 Å². The molecule has 2 aromatic rings. The second kappa shape index (κ2) is 4.51. The van der Waals surface area contributed by atoms with E-state index in [2.05, 4.69) is 9.71 Å². The highest BCUT2D eigenvalue weighted by Crippen LogP contribution is 2.28. The number of aromatic nitrogens is 2. The summed E-state index contributed by atoms with van der Waals surface area (Å²) in [5.74, 6) is -0.248. The Morgan fingerprint density at radius 2 is 2.17 bits per heavy atom. The highest BCUT2D eigenvalue weighted by Gasteiger charge is 2.18. The van der Waals surface area contributed by atoms with Gasteiger partial charge >= 0.3 is 0 Å². The number of hydrogen-bond donors (Lipinski definition) is 2. The van der Waals surface area contributed by atoms with Gasteiger partial charge in [-0.25, -0.2) is 4.98 Å². The number of phenolic OH excluding ortho intramolecular Hbond substituents is 1. The van der Waals surface area contributed by atoms with E-state index in [0.29, 0.717) is 5.02 Å². The molecule has 1 aromatic carbocycles. The highest BCUT2D eigenvalue weighted by molar-refractivity contribution is 7.92. The lowest BCUT2D eigenvalue weighted by molar-refractivity contribution is 0.477. The van der Waals surface area contributed by atoms with Gasteiger partial charge in [-0.15, -0.1) is 0 Å². The second-order valence-corrected chi connectivity index (χ2v) is 5.71. The molecule has 8 heteroatoms. The molecule has 1 aromatic heterocycles. The van der Waals surface area contributed by atoms with E-state index in [1.807, 2.05) is 0 Å². The Hall–Kier alpha value is -1.73. The number of anilines is 1. The maximum atomic E-state index is 11.9. The van der Waals surface area contributed by atoms with Crippen molar-refractivity contribution >= 4 is 27.3 Å². The number of phenols is 1. The molecule has 0 atom stereocenters. The summed E-state index contributed by atoms with van der Waals surface area (Å²) >= 11 is 5.66. The smallest absolute Gasteiger partial charge is 0.281 e. The van der Waals surface area contributed by atoms with E-state index in [1.54, 1.807) is 7.05 Å². The molecule has 0 saturated heterocycles. The zero-order valence-corrected chi connectivity index (χ0v) is 10.9. The standard InChI is InChI=1S/C10H10ClN3O3S/c1-14-5-10(12-6-14)18(16,17)13-8-3-2-7(11)4-9(8)15/h2-6,13,15H,1H3. The first-order valence-electron chi connectivity index (χ1n) is 4.88. The summed E-state index contributed by atoms with van der Waals surface area (Å²) in [5.41, 5.74) is 0.0463. The minimum Gasteiger partial charge on any atom is -0.506 e. The van der Waals surface area contributed by atoms with Crippen molar-refractivity contribution in [3.8, 4) is 5.75 Å². The van der Waals surface area contributed by atoms with Crippen molar-refractivity contribution in [1.29, 1.82) is 0 Å². The topological polar surface area (TPSA) is 84.2 Å². The quantitative estimate of drug-likeness (QED) is 0.840. The molecule has 2 N–H and O–H groups in total. The number of nitrogens with one attached hydrogen (secondary N) is 1. The molecule has 96 valence electrons. The van der Waals surface area contributed by atoms with Crippen LogP contribution in [-0.4, -0.2) is 23.1 Å². The fourth-order valence-corrected chi connectivity index (χ4v) is 2.54. The molecule has 0 saturated carbocycles. The van der Waals surface area contributed by atoms with Gasteiger partial charge in [0.15, 0.2) is 5.03 Å². The number of aromatic hydroxyl groups is 1. The molecule has 0 aliphatic carbocycles. The zero-order valence-electron chi connectivity index (χ0n) is 9.33. The van der Waals surface area contributed by atoms with Gasteiger partial charge in [-0.05, 0) is 12.1 Å². The van der Waals surface area contributed by atoms with Crippen LogP contribution in [0.3, 0.4) is 0 Å². The monoisotopic (exact) mass is 287 g/mol. The third-order valence-corrected chi connectivity index (χ3v) is 3.65. The first-order valence-corrected chi connectivity index (χ1v) is 6.74. The molecular weight excluding hydrogens is 278 g/mol. The van der Waals surface area contributed by atoms with Crippen molar-refractivity contribution in [3.05, 3.63) is 35.7 Å². The lowest BCUT2D eigenvalue weighted by Crippen LogP contribution is -2.13. The summed E-state index contributed by atoms with van der Waals surface area (Å²) in [5, 5.41) is 9.76. The minimum atomic E-state index is -3.81. The van der Waals surface area contributed by atoms with Crippen LogP contribution in [-0.2, 0) is 17.1 Å². The van der Waals surface area contributed by atoms with Crippen molar-refractivity contribution in [1.82, 2.24) is 9.55 Å². The molecule has 1 heterocycles. The van der Waals surface area contributed by atoms with Crippen LogP contribution < -0.4 is 4.72 Å². The summed E-state index contributed by atoms with van der Waals surface area (Å²) in [6, 6.07) is 4.09.